The lowest BCUT2D eigenvalue weighted by Crippen LogP contribution is -2.34. The van der Waals surface area contributed by atoms with E-state index < -0.39 is 0 Å². The first-order valence-corrected chi connectivity index (χ1v) is 7.26. The van der Waals surface area contributed by atoms with Gasteiger partial charge in [-0.1, -0.05) is 24.8 Å². The minimum atomic E-state index is -0.169. The van der Waals surface area contributed by atoms with Crippen molar-refractivity contribution in [1.82, 2.24) is 9.55 Å². The van der Waals surface area contributed by atoms with E-state index in [1.807, 2.05) is 13.8 Å². The fourth-order valence-electron chi connectivity index (χ4n) is 1.82. The minimum absolute atomic E-state index is 0.169. The van der Waals surface area contributed by atoms with Crippen molar-refractivity contribution in [2.75, 3.05) is 5.75 Å². The highest BCUT2D eigenvalue weighted by Crippen LogP contribution is 2.25. The molecule has 0 aliphatic carbocycles. The molecule has 0 spiro atoms. The lowest BCUT2D eigenvalue weighted by Gasteiger charge is -2.16. The lowest BCUT2D eigenvalue weighted by molar-refractivity contribution is 0.590. The molecule has 1 aromatic carbocycles. The average Bonchev–Trinajstić information content (AvgIpc) is 2.62. The van der Waals surface area contributed by atoms with E-state index in [2.05, 4.69) is 36.7 Å². The normalized spacial score (nSPS) is 12.3. The molecular formula is C14H21N3S. The van der Waals surface area contributed by atoms with E-state index in [4.69, 9.17) is 10.7 Å². The summed E-state index contributed by atoms with van der Waals surface area (Å²) in [6, 6.07) is 6.50. The third kappa shape index (κ3) is 2.87. The smallest absolute Gasteiger partial charge is 0.168 e. The summed E-state index contributed by atoms with van der Waals surface area (Å²) in [7, 11) is 2.06. The van der Waals surface area contributed by atoms with Crippen molar-refractivity contribution in [3.05, 3.63) is 23.8 Å². The maximum Gasteiger partial charge on any atom is 0.168 e. The standard InChI is InChI=1S/C14H21N3S/c1-5-10-6-7-12-11(8-10)16-13(17(12)4)18-9-14(2,3)15/h6-8H,5,9,15H2,1-4H3. The molecule has 0 fully saturated rings. The lowest BCUT2D eigenvalue weighted by atomic mass is 10.1. The third-order valence-corrected chi connectivity index (χ3v) is 4.40. The van der Waals surface area contributed by atoms with Crippen LogP contribution in [0.2, 0.25) is 0 Å². The quantitative estimate of drug-likeness (QED) is 0.862. The number of benzene rings is 1. The van der Waals surface area contributed by atoms with E-state index in [1.54, 1.807) is 11.8 Å². The Bertz CT molecular complexity index is 552. The molecule has 0 unspecified atom stereocenters. The first kappa shape index (κ1) is 13.4. The van der Waals surface area contributed by atoms with Crippen molar-refractivity contribution in [2.24, 2.45) is 12.8 Å². The Morgan fingerprint density at radius 3 is 2.72 bits per heavy atom. The summed E-state index contributed by atoms with van der Waals surface area (Å²) in [6.45, 7) is 6.24. The molecule has 2 aromatic rings. The molecule has 1 heterocycles. The number of fused-ring (bicyclic) bond motifs is 1. The highest BCUT2D eigenvalue weighted by molar-refractivity contribution is 7.99. The monoisotopic (exact) mass is 263 g/mol. The van der Waals surface area contributed by atoms with E-state index in [0.29, 0.717) is 0 Å². The Morgan fingerprint density at radius 1 is 1.39 bits per heavy atom. The predicted octanol–water partition coefficient (Wildman–Crippen LogP) is 2.97. The molecule has 18 heavy (non-hydrogen) atoms. The summed E-state index contributed by atoms with van der Waals surface area (Å²) in [5, 5.41) is 1.04. The van der Waals surface area contributed by atoms with Gasteiger partial charge in [-0.2, -0.15) is 0 Å². The van der Waals surface area contributed by atoms with Gasteiger partial charge in [-0.3, -0.25) is 0 Å². The van der Waals surface area contributed by atoms with Crippen LogP contribution in [0.4, 0.5) is 0 Å². The van der Waals surface area contributed by atoms with Gasteiger partial charge < -0.3 is 10.3 Å². The summed E-state index contributed by atoms with van der Waals surface area (Å²) in [4.78, 5) is 4.69. The molecule has 98 valence electrons. The van der Waals surface area contributed by atoms with Crippen LogP contribution in [0.3, 0.4) is 0 Å². The fourth-order valence-corrected chi connectivity index (χ4v) is 2.78. The summed E-state index contributed by atoms with van der Waals surface area (Å²) in [5.41, 5.74) is 9.44. The highest BCUT2D eigenvalue weighted by Gasteiger charge is 2.14. The van der Waals surface area contributed by atoms with Crippen LogP contribution < -0.4 is 5.73 Å². The van der Waals surface area contributed by atoms with Crippen molar-refractivity contribution < 1.29 is 0 Å². The number of hydrogen-bond acceptors (Lipinski definition) is 3. The van der Waals surface area contributed by atoms with Crippen molar-refractivity contribution in [3.63, 3.8) is 0 Å². The van der Waals surface area contributed by atoms with Gasteiger partial charge in [0.05, 0.1) is 11.0 Å². The Kier molecular flexibility index (Phi) is 3.69. The maximum atomic E-state index is 6.02. The summed E-state index contributed by atoms with van der Waals surface area (Å²) >= 11 is 1.72. The van der Waals surface area contributed by atoms with Gasteiger partial charge in [0, 0.05) is 18.3 Å². The molecule has 0 aliphatic heterocycles. The molecule has 0 radical (unpaired) electrons. The van der Waals surface area contributed by atoms with E-state index in [9.17, 15) is 0 Å². The van der Waals surface area contributed by atoms with Crippen LogP contribution in [0.15, 0.2) is 23.4 Å². The maximum absolute atomic E-state index is 6.02. The number of rotatable bonds is 4. The zero-order chi connectivity index (χ0) is 13.3. The van der Waals surface area contributed by atoms with Crippen LogP contribution in [0.1, 0.15) is 26.3 Å². The number of imidazole rings is 1. The molecule has 0 saturated carbocycles. The fraction of sp³-hybridized carbons (Fsp3) is 0.500. The Labute approximate surface area is 113 Å². The Hall–Kier alpha value is -1.00. The Balaban J connectivity index is 2.32. The summed E-state index contributed by atoms with van der Waals surface area (Å²) in [5.74, 6) is 0.866. The predicted molar refractivity (Wildman–Crippen MR) is 79.1 cm³/mol. The number of thioether (sulfide) groups is 1. The molecule has 0 atom stereocenters. The van der Waals surface area contributed by atoms with Gasteiger partial charge in [0.25, 0.3) is 0 Å². The minimum Gasteiger partial charge on any atom is -0.325 e. The van der Waals surface area contributed by atoms with Crippen molar-refractivity contribution in [3.8, 4) is 0 Å². The van der Waals surface area contributed by atoms with E-state index in [-0.39, 0.29) is 5.54 Å². The number of hydrogen-bond donors (Lipinski definition) is 1. The first-order chi connectivity index (χ1) is 8.40. The molecule has 0 aliphatic rings. The van der Waals surface area contributed by atoms with Gasteiger partial charge in [0.2, 0.25) is 0 Å². The van der Waals surface area contributed by atoms with Crippen molar-refractivity contribution in [1.29, 1.82) is 0 Å². The molecule has 2 rings (SSSR count). The third-order valence-electron chi connectivity index (χ3n) is 2.89. The van der Waals surface area contributed by atoms with Gasteiger partial charge in [-0.05, 0) is 38.0 Å². The molecule has 0 saturated heterocycles. The molecule has 1 aromatic heterocycles. The zero-order valence-electron chi connectivity index (χ0n) is 11.5. The number of aromatic nitrogens is 2. The number of nitrogens with two attached hydrogens (primary N) is 1. The van der Waals surface area contributed by atoms with Gasteiger partial charge in [0.1, 0.15) is 0 Å². The van der Waals surface area contributed by atoms with E-state index >= 15 is 0 Å². The topological polar surface area (TPSA) is 43.8 Å². The van der Waals surface area contributed by atoms with Crippen molar-refractivity contribution >= 4 is 22.8 Å². The van der Waals surface area contributed by atoms with Crippen LogP contribution in [0.25, 0.3) is 11.0 Å². The summed E-state index contributed by atoms with van der Waals surface area (Å²) < 4.78 is 2.14. The van der Waals surface area contributed by atoms with Crippen LogP contribution in [0, 0.1) is 0 Å². The van der Waals surface area contributed by atoms with E-state index in [0.717, 1.165) is 22.8 Å². The molecule has 0 amide bonds. The van der Waals surface area contributed by atoms with Gasteiger partial charge in [-0.25, -0.2) is 4.98 Å². The second kappa shape index (κ2) is 4.94. The second-order valence-electron chi connectivity index (χ2n) is 5.41. The van der Waals surface area contributed by atoms with Gasteiger partial charge in [0.15, 0.2) is 5.16 Å². The first-order valence-electron chi connectivity index (χ1n) is 6.28. The SMILES string of the molecule is CCc1ccc2c(c1)nc(SCC(C)(C)N)n2C. The molecule has 4 heteroatoms. The van der Waals surface area contributed by atoms with E-state index in [1.165, 1.54) is 11.1 Å². The number of aryl methyl sites for hydroxylation is 2. The van der Waals surface area contributed by atoms with Crippen LogP contribution in [-0.4, -0.2) is 20.8 Å². The van der Waals surface area contributed by atoms with Crippen molar-refractivity contribution in [2.45, 2.75) is 37.9 Å². The summed E-state index contributed by atoms with van der Waals surface area (Å²) in [6.07, 6.45) is 1.05. The van der Waals surface area contributed by atoms with Gasteiger partial charge in [-0.15, -0.1) is 0 Å². The Morgan fingerprint density at radius 2 is 2.11 bits per heavy atom. The van der Waals surface area contributed by atoms with Crippen LogP contribution in [-0.2, 0) is 13.5 Å². The average molecular weight is 263 g/mol. The van der Waals surface area contributed by atoms with Crippen LogP contribution in [0.5, 0.6) is 0 Å². The molecule has 2 N–H and O–H groups in total. The largest absolute Gasteiger partial charge is 0.325 e. The number of nitrogens with zero attached hydrogens (tertiary/aromatic N) is 2. The molecule has 0 bridgehead atoms. The van der Waals surface area contributed by atoms with Crippen LogP contribution >= 0.6 is 11.8 Å². The second-order valence-corrected chi connectivity index (χ2v) is 6.35. The zero-order valence-corrected chi connectivity index (χ0v) is 12.3. The molecular weight excluding hydrogens is 242 g/mol. The highest BCUT2D eigenvalue weighted by atomic mass is 32.2. The molecule has 3 nitrogen and oxygen atoms in total. The van der Waals surface area contributed by atoms with Gasteiger partial charge >= 0.3 is 0 Å².